The molecule has 3 heteroatoms. The van der Waals surface area contributed by atoms with Gasteiger partial charge in [-0.25, -0.2) is 0 Å². The van der Waals surface area contributed by atoms with E-state index in [1.165, 1.54) is 51.6 Å². The van der Waals surface area contributed by atoms with Crippen molar-refractivity contribution in [3.8, 4) is 0 Å². The number of amides is 1. The van der Waals surface area contributed by atoms with E-state index in [1.54, 1.807) is 0 Å². The van der Waals surface area contributed by atoms with Gasteiger partial charge in [-0.1, -0.05) is 19.8 Å². The van der Waals surface area contributed by atoms with E-state index in [9.17, 15) is 4.79 Å². The summed E-state index contributed by atoms with van der Waals surface area (Å²) >= 11 is 0. The first kappa shape index (κ1) is 13.4. The zero-order valence-electron chi connectivity index (χ0n) is 12.2. The summed E-state index contributed by atoms with van der Waals surface area (Å²) in [6, 6.07) is 0. The van der Waals surface area contributed by atoms with Crippen LogP contribution in [0.4, 0.5) is 0 Å². The van der Waals surface area contributed by atoms with Crippen LogP contribution in [0.3, 0.4) is 0 Å². The standard InChI is InChI=1S/C16H28N2O/c1-12-6-9-18(10-7-12)11-8-17-16(19)15-13-4-2-3-5-14(13)15/h12-15H,2-11H2,1H3,(H,17,19)/t13-,14+,15?. The van der Waals surface area contributed by atoms with Crippen LogP contribution in [-0.2, 0) is 4.79 Å². The number of nitrogens with zero attached hydrogens (tertiary/aromatic N) is 1. The molecule has 0 aromatic carbocycles. The second kappa shape index (κ2) is 5.82. The molecule has 1 heterocycles. The van der Waals surface area contributed by atoms with E-state index in [-0.39, 0.29) is 0 Å². The number of fused-ring (bicyclic) bond motifs is 1. The molecule has 0 bridgehead atoms. The number of nitrogens with one attached hydrogen (secondary N) is 1. The molecule has 2 aliphatic carbocycles. The van der Waals surface area contributed by atoms with E-state index in [2.05, 4.69) is 17.1 Å². The maximum absolute atomic E-state index is 12.1. The predicted octanol–water partition coefficient (Wildman–Crippen LogP) is 2.27. The van der Waals surface area contributed by atoms with E-state index < -0.39 is 0 Å². The van der Waals surface area contributed by atoms with Gasteiger partial charge in [-0.05, 0) is 56.5 Å². The summed E-state index contributed by atoms with van der Waals surface area (Å²) in [4.78, 5) is 14.6. The summed E-state index contributed by atoms with van der Waals surface area (Å²) in [6.45, 7) is 6.66. The largest absolute Gasteiger partial charge is 0.355 e. The summed E-state index contributed by atoms with van der Waals surface area (Å²) in [5, 5.41) is 3.18. The summed E-state index contributed by atoms with van der Waals surface area (Å²) in [7, 11) is 0. The highest BCUT2D eigenvalue weighted by Crippen LogP contribution is 2.55. The predicted molar refractivity (Wildman–Crippen MR) is 76.8 cm³/mol. The SMILES string of the molecule is CC1CCN(CCNC(=O)C2[C@H]3CCCC[C@@H]23)CC1. The van der Waals surface area contributed by atoms with E-state index in [0.29, 0.717) is 11.8 Å². The highest BCUT2D eigenvalue weighted by atomic mass is 16.2. The third kappa shape index (κ3) is 3.13. The van der Waals surface area contributed by atoms with Crippen molar-refractivity contribution in [1.29, 1.82) is 0 Å². The van der Waals surface area contributed by atoms with Gasteiger partial charge in [0.2, 0.25) is 5.91 Å². The Morgan fingerprint density at radius 3 is 2.37 bits per heavy atom. The molecule has 1 N–H and O–H groups in total. The first-order valence-corrected chi connectivity index (χ1v) is 8.26. The van der Waals surface area contributed by atoms with E-state index in [0.717, 1.165) is 30.8 Å². The number of likely N-dealkylation sites (tertiary alicyclic amines) is 1. The molecule has 3 nitrogen and oxygen atoms in total. The molecule has 0 aromatic heterocycles. The van der Waals surface area contributed by atoms with Gasteiger partial charge in [-0.2, -0.15) is 0 Å². The van der Waals surface area contributed by atoms with Crippen molar-refractivity contribution in [2.24, 2.45) is 23.7 Å². The van der Waals surface area contributed by atoms with Gasteiger partial charge >= 0.3 is 0 Å². The fourth-order valence-electron chi connectivity index (χ4n) is 4.12. The summed E-state index contributed by atoms with van der Waals surface area (Å²) in [5.74, 6) is 3.10. The third-order valence-electron chi connectivity index (χ3n) is 5.56. The van der Waals surface area contributed by atoms with Gasteiger partial charge in [0.15, 0.2) is 0 Å². The minimum Gasteiger partial charge on any atom is -0.355 e. The van der Waals surface area contributed by atoms with Crippen LogP contribution in [0.1, 0.15) is 45.4 Å². The van der Waals surface area contributed by atoms with Gasteiger partial charge in [-0.3, -0.25) is 4.79 Å². The fraction of sp³-hybridized carbons (Fsp3) is 0.938. The van der Waals surface area contributed by atoms with Crippen molar-refractivity contribution < 1.29 is 4.79 Å². The molecular weight excluding hydrogens is 236 g/mol. The molecule has 3 rings (SSSR count). The Kier molecular flexibility index (Phi) is 4.11. The summed E-state index contributed by atoms with van der Waals surface area (Å²) in [5.41, 5.74) is 0. The van der Waals surface area contributed by atoms with Crippen molar-refractivity contribution in [3.63, 3.8) is 0 Å². The first-order valence-electron chi connectivity index (χ1n) is 8.26. The summed E-state index contributed by atoms with van der Waals surface area (Å²) in [6.07, 6.45) is 7.93. The highest BCUT2D eigenvalue weighted by Gasteiger charge is 2.54. The second-order valence-electron chi connectivity index (χ2n) is 6.95. The lowest BCUT2D eigenvalue weighted by atomic mass is 9.99. The smallest absolute Gasteiger partial charge is 0.223 e. The number of hydrogen-bond donors (Lipinski definition) is 1. The average molecular weight is 264 g/mol. The van der Waals surface area contributed by atoms with Crippen molar-refractivity contribution in [3.05, 3.63) is 0 Å². The topological polar surface area (TPSA) is 32.3 Å². The van der Waals surface area contributed by atoms with Crippen molar-refractivity contribution in [1.82, 2.24) is 10.2 Å². The third-order valence-corrected chi connectivity index (χ3v) is 5.56. The molecule has 19 heavy (non-hydrogen) atoms. The Labute approximate surface area is 117 Å². The average Bonchev–Trinajstić information content (AvgIpc) is 3.15. The Morgan fingerprint density at radius 1 is 1.11 bits per heavy atom. The minimum atomic E-state index is 0.349. The molecule has 1 amide bonds. The second-order valence-corrected chi connectivity index (χ2v) is 6.95. The molecule has 3 fully saturated rings. The number of carbonyl (C=O) groups is 1. The fourth-order valence-corrected chi connectivity index (χ4v) is 4.12. The van der Waals surface area contributed by atoms with E-state index >= 15 is 0 Å². The summed E-state index contributed by atoms with van der Waals surface area (Å²) < 4.78 is 0. The van der Waals surface area contributed by atoms with Crippen LogP contribution in [0.15, 0.2) is 0 Å². The van der Waals surface area contributed by atoms with Gasteiger partial charge in [0.25, 0.3) is 0 Å². The van der Waals surface area contributed by atoms with Crippen LogP contribution < -0.4 is 5.32 Å². The van der Waals surface area contributed by atoms with E-state index in [4.69, 9.17) is 0 Å². The molecule has 0 aromatic rings. The monoisotopic (exact) mass is 264 g/mol. The molecule has 0 radical (unpaired) electrons. The Hall–Kier alpha value is -0.570. The van der Waals surface area contributed by atoms with Crippen LogP contribution in [0.2, 0.25) is 0 Å². The van der Waals surface area contributed by atoms with E-state index in [1.807, 2.05) is 0 Å². The quantitative estimate of drug-likeness (QED) is 0.845. The maximum atomic E-state index is 12.1. The highest BCUT2D eigenvalue weighted by molar-refractivity contribution is 5.82. The lowest BCUT2D eigenvalue weighted by molar-refractivity contribution is -0.122. The maximum Gasteiger partial charge on any atom is 0.223 e. The lowest BCUT2D eigenvalue weighted by Gasteiger charge is -2.30. The van der Waals surface area contributed by atoms with Gasteiger partial charge in [0, 0.05) is 19.0 Å². The van der Waals surface area contributed by atoms with Crippen molar-refractivity contribution >= 4 is 5.91 Å². The molecule has 3 atom stereocenters. The molecule has 108 valence electrons. The molecule has 1 saturated heterocycles. The van der Waals surface area contributed by atoms with Crippen LogP contribution in [0.25, 0.3) is 0 Å². The zero-order valence-corrected chi connectivity index (χ0v) is 12.2. The molecule has 1 unspecified atom stereocenters. The van der Waals surface area contributed by atoms with Gasteiger partial charge in [0.1, 0.15) is 0 Å². The molecule has 3 aliphatic rings. The van der Waals surface area contributed by atoms with Crippen LogP contribution in [0, 0.1) is 23.7 Å². The minimum absolute atomic E-state index is 0.349. The van der Waals surface area contributed by atoms with Gasteiger partial charge < -0.3 is 10.2 Å². The van der Waals surface area contributed by atoms with Crippen LogP contribution in [-0.4, -0.2) is 37.0 Å². The number of piperidine rings is 1. The van der Waals surface area contributed by atoms with Crippen molar-refractivity contribution in [2.45, 2.75) is 45.4 Å². The number of carbonyl (C=O) groups excluding carboxylic acids is 1. The molecule has 0 spiro atoms. The molecule has 1 aliphatic heterocycles. The van der Waals surface area contributed by atoms with Gasteiger partial charge in [0.05, 0.1) is 0 Å². The van der Waals surface area contributed by atoms with Crippen molar-refractivity contribution in [2.75, 3.05) is 26.2 Å². The molecule has 2 saturated carbocycles. The van der Waals surface area contributed by atoms with Crippen LogP contribution in [0.5, 0.6) is 0 Å². The number of hydrogen-bond acceptors (Lipinski definition) is 2. The first-order chi connectivity index (χ1) is 9.25. The Morgan fingerprint density at radius 2 is 1.74 bits per heavy atom. The lowest BCUT2D eigenvalue weighted by Crippen LogP contribution is -2.39. The Bertz CT molecular complexity index is 311. The zero-order chi connectivity index (χ0) is 13.2. The van der Waals surface area contributed by atoms with Gasteiger partial charge in [-0.15, -0.1) is 0 Å². The normalized spacial score (nSPS) is 35.7. The molecular formula is C16H28N2O. The Balaban J connectivity index is 1.33. The van der Waals surface area contributed by atoms with Crippen LogP contribution >= 0.6 is 0 Å². The number of rotatable bonds is 4.